The summed E-state index contributed by atoms with van der Waals surface area (Å²) in [6, 6.07) is 0. The van der Waals surface area contributed by atoms with Crippen molar-refractivity contribution in [2.24, 2.45) is 23.7 Å². The molecule has 0 saturated heterocycles. The van der Waals surface area contributed by atoms with Gasteiger partial charge in [0, 0.05) is 5.92 Å². The third kappa shape index (κ3) is 6.23. The van der Waals surface area contributed by atoms with E-state index in [0.29, 0.717) is 23.7 Å². The summed E-state index contributed by atoms with van der Waals surface area (Å²) in [7, 11) is 0. The molecule has 0 aromatic rings. The Balaban J connectivity index is 1.30. The third-order valence-corrected chi connectivity index (χ3v) is 9.13. The van der Waals surface area contributed by atoms with Gasteiger partial charge in [-0.15, -0.1) is 0 Å². The van der Waals surface area contributed by atoms with Crippen LogP contribution in [0.5, 0.6) is 0 Å². The van der Waals surface area contributed by atoms with Crippen molar-refractivity contribution in [1.29, 1.82) is 0 Å². The van der Waals surface area contributed by atoms with Gasteiger partial charge in [0.25, 0.3) is 0 Å². The minimum atomic E-state index is 0.302. The fraction of sp³-hybridized carbons (Fsp3) is 0.300. The Bertz CT molecular complexity index is 1450. The molecule has 0 aromatic carbocycles. The summed E-state index contributed by atoms with van der Waals surface area (Å²) in [5, 5.41) is 0. The molecule has 0 amide bonds. The van der Waals surface area contributed by atoms with Crippen molar-refractivity contribution >= 4 is 0 Å². The zero-order chi connectivity index (χ0) is 27.3. The highest BCUT2D eigenvalue weighted by atomic mass is 14.4. The molecule has 0 heteroatoms. The molecule has 202 valence electrons. The van der Waals surface area contributed by atoms with Gasteiger partial charge in [-0.25, -0.2) is 0 Å². The monoisotopic (exact) mass is 522 g/mol. The molecule has 0 fully saturated rings. The summed E-state index contributed by atoms with van der Waals surface area (Å²) >= 11 is 0. The summed E-state index contributed by atoms with van der Waals surface area (Å²) < 4.78 is 0. The molecule has 0 heterocycles. The highest BCUT2D eigenvalue weighted by Gasteiger charge is 2.31. The normalized spacial score (nSPS) is 39.8. The summed E-state index contributed by atoms with van der Waals surface area (Å²) in [6.07, 6.45) is 53.8. The second-order valence-corrected chi connectivity index (χ2v) is 12.2. The average Bonchev–Trinajstić information content (AvgIpc) is 2.95. The Hall–Kier alpha value is -3.64. The molecule has 6 aliphatic rings. The molecule has 0 saturated carbocycles. The first-order valence-corrected chi connectivity index (χ1v) is 15.2. The van der Waals surface area contributed by atoms with E-state index in [1.54, 1.807) is 5.57 Å². The van der Waals surface area contributed by atoms with Crippen LogP contribution >= 0.6 is 0 Å². The largest absolute Gasteiger partial charge is 0.0879 e. The summed E-state index contributed by atoms with van der Waals surface area (Å²) in [5.41, 5.74) is 11.4. The number of hydrogen-bond donors (Lipinski definition) is 0. The molecule has 40 heavy (non-hydrogen) atoms. The van der Waals surface area contributed by atoms with Crippen LogP contribution in [-0.4, -0.2) is 0 Å². The van der Waals surface area contributed by atoms with Crippen LogP contribution < -0.4 is 0 Å². The van der Waals surface area contributed by atoms with Gasteiger partial charge < -0.3 is 0 Å². The van der Waals surface area contributed by atoms with Gasteiger partial charge in [-0.1, -0.05) is 138 Å². The molecule has 4 atom stereocenters. The zero-order valence-corrected chi connectivity index (χ0v) is 24.1. The summed E-state index contributed by atoms with van der Waals surface area (Å²) in [6.45, 7) is 4.43. The van der Waals surface area contributed by atoms with E-state index in [9.17, 15) is 0 Å². The van der Waals surface area contributed by atoms with Gasteiger partial charge in [0.1, 0.15) is 0 Å². The van der Waals surface area contributed by atoms with Crippen LogP contribution in [0.2, 0.25) is 0 Å². The number of fused-ring (bicyclic) bond motifs is 5. The van der Waals surface area contributed by atoms with E-state index in [0.717, 1.165) is 25.7 Å². The van der Waals surface area contributed by atoms with E-state index in [1.165, 1.54) is 51.9 Å². The molecular formula is C40H42. The highest BCUT2D eigenvalue weighted by molar-refractivity contribution is 5.56. The molecular weight excluding hydrogens is 480 g/mol. The average molecular weight is 523 g/mol. The number of allylic oxidation sites excluding steroid dienone is 28. The molecule has 0 aromatic heterocycles. The lowest BCUT2D eigenvalue weighted by molar-refractivity contribution is 0.360. The van der Waals surface area contributed by atoms with Crippen molar-refractivity contribution in [2.45, 2.75) is 52.4 Å². The Morgan fingerprint density at radius 2 is 1.40 bits per heavy atom. The first-order valence-electron chi connectivity index (χ1n) is 15.2. The fourth-order valence-electron chi connectivity index (χ4n) is 6.76. The van der Waals surface area contributed by atoms with E-state index in [1.807, 2.05) is 0 Å². The smallest absolute Gasteiger partial charge is 0.0208 e. The lowest BCUT2D eigenvalue weighted by Gasteiger charge is -2.36. The summed E-state index contributed by atoms with van der Waals surface area (Å²) in [5.74, 6) is 2.05. The van der Waals surface area contributed by atoms with Crippen LogP contribution in [0.15, 0.2) is 166 Å². The molecule has 0 bridgehead atoms. The molecule has 0 aliphatic heterocycles. The maximum atomic E-state index is 2.60. The topological polar surface area (TPSA) is 0 Å². The second-order valence-electron chi connectivity index (χ2n) is 12.2. The standard InChI is InChI=1S/C40H42/c1-29-11-3-5-15-31-23-34-19-9-21-38-28-40-26-36-18-8-14-30(2)12-4-6-16-32(36)25-39(40)27-37(38)22-10-20-35(34)24-33(31)17-7-13-29/h3-10,13-14,17-24,26-27,32,34,36,39H,11-12,15-16,25,28H2,1-2H3/b5-3+,6-4+,17-7+,18-8+,19-9+,22-10+,29-13-,30-14-,35-20-,38-21-. The molecule has 0 nitrogen and oxygen atoms in total. The molecule has 6 rings (SSSR count). The van der Waals surface area contributed by atoms with Crippen LogP contribution in [0.4, 0.5) is 0 Å². The van der Waals surface area contributed by atoms with Gasteiger partial charge in [0.15, 0.2) is 0 Å². The van der Waals surface area contributed by atoms with Gasteiger partial charge in [-0.3, -0.25) is 0 Å². The lowest BCUT2D eigenvalue weighted by atomic mass is 9.68. The second kappa shape index (κ2) is 12.3. The zero-order valence-electron chi connectivity index (χ0n) is 24.1. The Kier molecular flexibility index (Phi) is 8.14. The molecule has 6 aliphatic carbocycles. The van der Waals surface area contributed by atoms with Gasteiger partial charge >= 0.3 is 0 Å². The fourth-order valence-corrected chi connectivity index (χ4v) is 6.76. The minimum Gasteiger partial charge on any atom is -0.0879 e. The van der Waals surface area contributed by atoms with Gasteiger partial charge in [0.05, 0.1) is 0 Å². The minimum absolute atomic E-state index is 0.302. The Morgan fingerprint density at radius 1 is 0.650 bits per heavy atom. The van der Waals surface area contributed by atoms with Gasteiger partial charge in [0.2, 0.25) is 0 Å². The van der Waals surface area contributed by atoms with Crippen LogP contribution in [0.3, 0.4) is 0 Å². The molecule has 0 N–H and O–H groups in total. The van der Waals surface area contributed by atoms with Crippen LogP contribution in [0.25, 0.3) is 0 Å². The summed E-state index contributed by atoms with van der Waals surface area (Å²) in [4.78, 5) is 0. The van der Waals surface area contributed by atoms with Crippen molar-refractivity contribution < 1.29 is 0 Å². The van der Waals surface area contributed by atoms with Crippen molar-refractivity contribution in [3.63, 3.8) is 0 Å². The quantitative estimate of drug-likeness (QED) is 0.278. The molecule has 0 radical (unpaired) electrons. The van der Waals surface area contributed by atoms with Gasteiger partial charge in [-0.2, -0.15) is 0 Å². The predicted octanol–water partition coefficient (Wildman–Crippen LogP) is 10.7. The molecule has 0 spiro atoms. The van der Waals surface area contributed by atoms with E-state index >= 15 is 0 Å². The van der Waals surface area contributed by atoms with Crippen molar-refractivity contribution in [3.05, 3.63) is 166 Å². The SMILES string of the molecule is C/C1=C/C=C/C2=CC3=C/C=C/C4=CC5CC6C/C=C/C/C(C)=C\C=C\C6C=C5C/C4=C/C=C/C\3C=C2C/C=C/C1. The Labute approximate surface area is 241 Å². The third-order valence-electron chi connectivity index (χ3n) is 9.13. The Morgan fingerprint density at radius 3 is 2.30 bits per heavy atom. The van der Waals surface area contributed by atoms with E-state index < -0.39 is 0 Å². The van der Waals surface area contributed by atoms with Crippen LogP contribution in [-0.2, 0) is 0 Å². The van der Waals surface area contributed by atoms with E-state index in [4.69, 9.17) is 0 Å². The number of hydrogen-bond acceptors (Lipinski definition) is 0. The van der Waals surface area contributed by atoms with Crippen LogP contribution in [0, 0.1) is 23.7 Å². The lowest BCUT2D eigenvalue weighted by Crippen LogP contribution is -2.24. The maximum Gasteiger partial charge on any atom is 0.0208 e. The first-order chi connectivity index (χ1) is 19.6. The van der Waals surface area contributed by atoms with Crippen LogP contribution in [0.1, 0.15) is 52.4 Å². The number of rotatable bonds is 0. The van der Waals surface area contributed by atoms with E-state index in [2.05, 4.69) is 135 Å². The maximum absolute atomic E-state index is 2.60. The van der Waals surface area contributed by atoms with Crippen molar-refractivity contribution in [1.82, 2.24) is 0 Å². The van der Waals surface area contributed by atoms with Gasteiger partial charge in [-0.05, 0) is 98.0 Å². The van der Waals surface area contributed by atoms with Crippen molar-refractivity contribution in [2.75, 3.05) is 0 Å². The van der Waals surface area contributed by atoms with Crippen molar-refractivity contribution in [3.8, 4) is 0 Å². The predicted molar refractivity (Wildman–Crippen MR) is 173 cm³/mol. The highest BCUT2D eigenvalue weighted by Crippen LogP contribution is 2.44. The molecule has 4 unspecified atom stereocenters. The first kappa shape index (κ1) is 26.6. The van der Waals surface area contributed by atoms with E-state index in [-0.39, 0.29) is 0 Å².